The average molecular weight is 534 g/mol. The Balaban J connectivity index is 1.50. The van der Waals surface area contributed by atoms with Crippen LogP contribution in [0.25, 0.3) is 0 Å². The summed E-state index contributed by atoms with van der Waals surface area (Å²) in [5, 5.41) is 0. The van der Waals surface area contributed by atoms with Crippen LogP contribution in [-0.2, 0) is 32.8 Å². The summed E-state index contributed by atoms with van der Waals surface area (Å²) in [6.07, 6.45) is 1.70. The van der Waals surface area contributed by atoms with E-state index >= 15 is 4.39 Å². The van der Waals surface area contributed by atoms with Crippen molar-refractivity contribution < 1.29 is 31.9 Å². The second kappa shape index (κ2) is 10.6. The third kappa shape index (κ3) is 6.71. The van der Waals surface area contributed by atoms with Crippen LogP contribution in [0.4, 0.5) is 14.9 Å². The Kier molecular flexibility index (Phi) is 7.63. The van der Waals surface area contributed by atoms with Crippen LogP contribution < -0.4 is 13.8 Å². The summed E-state index contributed by atoms with van der Waals surface area (Å²) in [5.74, 6) is -1.26. The molecule has 0 radical (unpaired) electrons. The quantitative estimate of drug-likeness (QED) is 0.581. The Morgan fingerprint density at radius 3 is 2.54 bits per heavy atom. The topological polar surface area (TPSA) is 105 Å². The van der Waals surface area contributed by atoms with Crippen LogP contribution in [0.1, 0.15) is 44.7 Å². The highest BCUT2D eigenvalue weighted by molar-refractivity contribution is 7.92. The van der Waals surface area contributed by atoms with E-state index in [2.05, 4.69) is 0 Å². The van der Waals surface area contributed by atoms with Gasteiger partial charge >= 0.3 is 16.3 Å². The first-order valence-corrected chi connectivity index (χ1v) is 13.7. The Labute approximate surface area is 216 Å². The standard InChI is InChI=1S/C26H32FN3O6S/c1-26(2,3)36-25(32)29-12-11-18(15-29)9-10-20-13-21(27)24(30-16-23(31)28-37(30,33)34)22(14-20)35-17-19-7-5-4-6-8-19/h4-8,13-14,18H,9-12,15-17H2,1-3H3,(H,28,31). The maximum atomic E-state index is 15.4. The van der Waals surface area contributed by atoms with Crippen molar-refractivity contribution in [2.45, 2.75) is 52.2 Å². The van der Waals surface area contributed by atoms with E-state index in [-0.39, 0.29) is 30.1 Å². The van der Waals surface area contributed by atoms with Crippen molar-refractivity contribution in [3.8, 4) is 5.75 Å². The summed E-state index contributed by atoms with van der Waals surface area (Å²) in [7, 11) is -4.22. The molecule has 2 heterocycles. The number of aryl methyl sites for hydroxylation is 1. The second-order valence-electron chi connectivity index (χ2n) is 10.4. The van der Waals surface area contributed by atoms with Crippen LogP contribution >= 0.6 is 0 Å². The number of likely N-dealkylation sites (tertiary alicyclic amines) is 1. The number of rotatable bonds is 7. The van der Waals surface area contributed by atoms with Crippen molar-refractivity contribution in [1.29, 1.82) is 0 Å². The third-order valence-electron chi connectivity index (χ3n) is 6.17. The van der Waals surface area contributed by atoms with Gasteiger partial charge in [0.2, 0.25) is 0 Å². The van der Waals surface area contributed by atoms with Gasteiger partial charge in [-0.3, -0.25) is 4.79 Å². The van der Waals surface area contributed by atoms with Crippen LogP contribution in [-0.4, -0.2) is 50.6 Å². The number of carbonyl (C=O) groups excluding carboxylic acids is 2. The number of nitrogens with one attached hydrogen (secondary N) is 1. The van der Waals surface area contributed by atoms with Gasteiger partial charge in [-0.05, 0) is 69.2 Å². The molecule has 2 saturated heterocycles. The number of nitrogens with zero attached hydrogens (tertiary/aromatic N) is 2. The van der Waals surface area contributed by atoms with Gasteiger partial charge in [0.1, 0.15) is 30.2 Å². The molecule has 0 spiro atoms. The van der Waals surface area contributed by atoms with E-state index in [1.165, 1.54) is 6.07 Å². The van der Waals surface area contributed by atoms with Crippen LogP contribution in [0.5, 0.6) is 5.75 Å². The molecule has 2 aliphatic heterocycles. The third-order valence-corrected chi connectivity index (χ3v) is 7.55. The molecular formula is C26H32FN3O6S. The monoisotopic (exact) mass is 533 g/mol. The predicted octanol–water partition coefficient (Wildman–Crippen LogP) is 3.78. The van der Waals surface area contributed by atoms with Gasteiger partial charge in [0.25, 0.3) is 5.91 Å². The molecule has 9 nitrogen and oxygen atoms in total. The zero-order chi connectivity index (χ0) is 26.8. The van der Waals surface area contributed by atoms with Crippen molar-refractivity contribution in [2.24, 2.45) is 5.92 Å². The fourth-order valence-electron chi connectivity index (χ4n) is 4.44. The Bertz CT molecular complexity index is 1260. The van der Waals surface area contributed by atoms with Crippen molar-refractivity contribution in [1.82, 2.24) is 9.62 Å². The zero-order valence-electron chi connectivity index (χ0n) is 21.2. The molecule has 1 unspecified atom stereocenters. The van der Waals surface area contributed by atoms with Crippen LogP contribution in [0.2, 0.25) is 0 Å². The van der Waals surface area contributed by atoms with Crippen LogP contribution in [0, 0.1) is 11.7 Å². The molecule has 0 bridgehead atoms. The summed E-state index contributed by atoms with van der Waals surface area (Å²) >= 11 is 0. The SMILES string of the molecule is CC(C)(C)OC(=O)N1CCC(CCc2cc(F)c(N3CC(=O)NS3(=O)=O)c(OCc3ccccc3)c2)C1. The maximum Gasteiger partial charge on any atom is 0.410 e. The Morgan fingerprint density at radius 2 is 1.89 bits per heavy atom. The van der Waals surface area contributed by atoms with Gasteiger partial charge in [0.15, 0.2) is 5.82 Å². The summed E-state index contributed by atoms with van der Waals surface area (Å²) in [5.41, 5.74) is 0.602. The fraction of sp³-hybridized carbons (Fsp3) is 0.462. The van der Waals surface area contributed by atoms with Crippen LogP contribution in [0.3, 0.4) is 0 Å². The van der Waals surface area contributed by atoms with E-state index in [1.54, 1.807) is 11.0 Å². The molecule has 1 N–H and O–H groups in total. The molecule has 0 aliphatic carbocycles. The van der Waals surface area contributed by atoms with Gasteiger partial charge in [0.05, 0.1) is 0 Å². The van der Waals surface area contributed by atoms with Crippen LogP contribution in [0.15, 0.2) is 42.5 Å². The number of amides is 2. The van der Waals surface area contributed by atoms with Gasteiger partial charge in [-0.2, -0.15) is 8.42 Å². The summed E-state index contributed by atoms with van der Waals surface area (Å²) < 4.78 is 54.2. The first-order valence-electron chi connectivity index (χ1n) is 12.2. The number of hydrogen-bond donors (Lipinski definition) is 1. The van der Waals surface area contributed by atoms with Crippen molar-refractivity contribution >= 4 is 27.9 Å². The van der Waals surface area contributed by atoms with E-state index in [4.69, 9.17) is 9.47 Å². The highest BCUT2D eigenvalue weighted by Gasteiger charge is 2.38. The minimum absolute atomic E-state index is 0.0423. The molecular weight excluding hydrogens is 501 g/mol. The molecule has 2 amide bonds. The van der Waals surface area contributed by atoms with Gasteiger partial charge in [0, 0.05) is 13.1 Å². The number of hydrogen-bond acceptors (Lipinski definition) is 6. The van der Waals surface area contributed by atoms with Crippen molar-refractivity contribution in [3.63, 3.8) is 0 Å². The molecule has 2 fully saturated rings. The van der Waals surface area contributed by atoms with Crippen molar-refractivity contribution in [3.05, 3.63) is 59.4 Å². The first-order chi connectivity index (χ1) is 17.4. The number of ether oxygens (including phenoxy) is 2. The molecule has 0 aromatic heterocycles. The Hall–Kier alpha value is -3.34. The lowest BCUT2D eigenvalue weighted by atomic mass is 9.98. The summed E-state index contributed by atoms with van der Waals surface area (Å²) in [6.45, 7) is 6.22. The highest BCUT2D eigenvalue weighted by Crippen LogP contribution is 2.37. The molecule has 11 heteroatoms. The average Bonchev–Trinajstić information content (AvgIpc) is 3.39. The van der Waals surface area contributed by atoms with Gasteiger partial charge < -0.3 is 14.4 Å². The number of anilines is 1. The normalized spacial score (nSPS) is 19.1. The minimum Gasteiger partial charge on any atom is -0.487 e. The minimum atomic E-state index is -4.22. The smallest absolute Gasteiger partial charge is 0.410 e. The van der Waals surface area contributed by atoms with E-state index in [1.807, 2.05) is 55.8 Å². The fourth-order valence-corrected chi connectivity index (χ4v) is 5.60. The number of halogens is 1. The van der Waals surface area contributed by atoms with E-state index in [0.717, 1.165) is 12.0 Å². The predicted molar refractivity (Wildman–Crippen MR) is 136 cm³/mol. The summed E-state index contributed by atoms with van der Waals surface area (Å²) in [6, 6.07) is 12.1. The molecule has 1 atom stereocenters. The van der Waals surface area contributed by atoms with E-state index in [0.29, 0.717) is 35.8 Å². The summed E-state index contributed by atoms with van der Waals surface area (Å²) in [4.78, 5) is 25.8. The molecule has 2 aromatic carbocycles. The van der Waals surface area contributed by atoms with E-state index in [9.17, 15) is 18.0 Å². The molecule has 200 valence electrons. The molecule has 0 saturated carbocycles. The highest BCUT2D eigenvalue weighted by atomic mass is 32.2. The lowest BCUT2D eigenvalue weighted by Gasteiger charge is -2.24. The molecule has 37 heavy (non-hydrogen) atoms. The van der Waals surface area contributed by atoms with Gasteiger partial charge in [-0.25, -0.2) is 18.2 Å². The molecule has 2 aliphatic rings. The van der Waals surface area contributed by atoms with Gasteiger partial charge in [-0.15, -0.1) is 0 Å². The second-order valence-corrected chi connectivity index (χ2v) is 12.0. The van der Waals surface area contributed by atoms with E-state index < -0.39 is 34.1 Å². The Morgan fingerprint density at radius 1 is 1.16 bits per heavy atom. The first kappa shape index (κ1) is 26.7. The van der Waals surface area contributed by atoms with Crippen molar-refractivity contribution in [2.75, 3.05) is 23.9 Å². The maximum absolute atomic E-state index is 15.4. The number of carbonyl (C=O) groups is 2. The number of benzene rings is 2. The lowest BCUT2D eigenvalue weighted by molar-refractivity contribution is -0.117. The zero-order valence-corrected chi connectivity index (χ0v) is 22.0. The molecule has 2 aromatic rings. The van der Waals surface area contributed by atoms with Gasteiger partial charge in [-0.1, -0.05) is 30.3 Å². The largest absolute Gasteiger partial charge is 0.487 e. The lowest BCUT2D eigenvalue weighted by Crippen LogP contribution is -2.35. The molecule has 4 rings (SSSR count).